The fraction of sp³-hybridized carbons (Fsp3) is 0.875. The maximum Gasteiger partial charge on any atom is 0.228 e. The van der Waals surface area contributed by atoms with Gasteiger partial charge in [-0.05, 0) is 38.5 Å². The summed E-state index contributed by atoms with van der Waals surface area (Å²) in [4.78, 5) is 2.35. The van der Waals surface area contributed by atoms with Crippen molar-refractivity contribution in [3.63, 3.8) is 0 Å². The van der Waals surface area contributed by atoms with Crippen molar-refractivity contribution >= 4 is 17.7 Å². The maximum atomic E-state index is 9.84. The SMILES string of the molecule is CC[C@H](O)CSc1nnc(N2CCCCC2)n1C[C@@H]1CCCO1. The van der Waals surface area contributed by atoms with Crippen molar-refractivity contribution in [2.45, 2.75) is 69.4 Å². The molecule has 2 fully saturated rings. The minimum absolute atomic E-state index is 0.269. The second kappa shape index (κ2) is 8.35. The van der Waals surface area contributed by atoms with Crippen LogP contribution in [0.4, 0.5) is 5.95 Å². The summed E-state index contributed by atoms with van der Waals surface area (Å²) in [6.07, 6.45) is 6.76. The summed E-state index contributed by atoms with van der Waals surface area (Å²) in [6, 6.07) is 0. The molecule has 1 N–H and O–H groups in total. The third kappa shape index (κ3) is 4.39. The van der Waals surface area contributed by atoms with Gasteiger partial charge in [-0.25, -0.2) is 0 Å². The monoisotopic (exact) mass is 340 g/mol. The van der Waals surface area contributed by atoms with Gasteiger partial charge in [-0.3, -0.25) is 4.57 Å². The average molecular weight is 340 g/mol. The minimum Gasteiger partial charge on any atom is -0.392 e. The molecule has 7 heteroatoms. The van der Waals surface area contributed by atoms with E-state index in [0.29, 0.717) is 5.75 Å². The molecule has 1 aromatic heterocycles. The predicted molar refractivity (Wildman–Crippen MR) is 92.1 cm³/mol. The molecule has 0 unspecified atom stereocenters. The van der Waals surface area contributed by atoms with Gasteiger partial charge in [0.1, 0.15) is 0 Å². The lowest BCUT2D eigenvalue weighted by Gasteiger charge is -2.28. The van der Waals surface area contributed by atoms with Crippen LogP contribution < -0.4 is 4.90 Å². The number of anilines is 1. The molecule has 0 spiro atoms. The Morgan fingerprint density at radius 3 is 2.78 bits per heavy atom. The number of nitrogens with zero attached hydrogens (tertiary/aromatic N) is 4. The zero-order valence-corrected chi connectivity index (χ0v) is 14.8. The molecule has 0 amide bonds. The van der Waals surface area contributed by atoms with Gasteiger partial charge in [-0.15, -0.1) is 10.2 Å². The fourth-order valence-corrected chi connectivity index (χ4v) is 4.14. The first kappa shape index (κ1) is 17.0. The number of thioether (sulfide) groups is 1. The van der Waals surface area contributed by atoms with Gasteiger partial charge in [-0.1, -0.05) is 18.7 Å². The van der Waals surface area contributed by atoms with E-state index in [1.807, 2.05) is 6.92 Å². The van der Waals surface area contributed by atoms with Crippen molar-refractivity contribution in [3.8, 4) is 0 Å². The van der Waals surface area contributed by atoms with E-state index in [0.717, 1.165) is 56.6 Å². The second-order valence-corrected chi connectivity index (χ2v) is 7.44. The third-order valence-corrected chi connectivity index (χ3v) is 5.73. The standard InChI is InChI=1S/C16H28N4O2S/c1-2-13(21)12-23-16-18-17-15(19-8-4-3-5-9-19)20(16)11-14-7-6-10-22-14/h13-14,21H,2-12H2,1H3/t13-,14-/m0/s1. The number of hydrogen-bond donors (Lipinski definition) is 1. The number of aliphatic hydroxyl groups is 1. The summed E-state index contributed by atoms with van der Waals surface area (Å²) in [7, 11) is 0. The number of hydrogen-bond acceptors (Lipinski definition) is 6. The molecule has 0 bridgehead atoms. The first-order chi connectivity index (χ1) is 11.3. The summed E-state index contributed by atoms with van der Waals surface area (Å²) in [5, 5.41) is 19.6. The Morgan fingerprint density at radius 2 is 2.09 bits per heavy atom. The Hall–Kier alpha value is -0.790. The van der Waals surface area contributed by atoms with E-state index in [1.54, 1.807) is 11.8 Å². The smallest absolute Gasteiger partial charge is 0.228 e. The number of aliphatic hydroxyl groups excluding tert-OH is 1. The highest BCUT2D eigenvalue weighted by atomic mass is 32.2. The number of ether oxygens (including phenoxy) is 1. The quantitative estimate of drug-likeness (QED) is 0.769. The Morgan fingerprint density at radius 1 is 1.26 bits per heavy atom. The van der Waals surface area contributed by atoms with Crippen molar-refractivity contribution in [1.29, 1.82) is 0 Å². The fourth-order valence-electron chi connectivity index (χ4n) is 3.16. The summed E-state index contributed by atoms with van der Waals surface area (Å²) in [5.74, 6) is 1.65. The molecule has 3 heterocycles. The first-order valence-electron chi connectivity index (χ1n) is 8.88. The molecule has 0 saturated carbocycles. The summed E-state index contributed by atoms with van der Waals surface area (Å²) < 4.78 is 8.03. The topological polar surface area (TPSA) is 63.4 Å². The Bertz CT molecular complexity index is 484. The average Bonchev–Trinajstić information content (AvgIpc) is 3.24. The zero-order valence-electron chi connectivity index (χ0n) is 14.0. The highest BCUT2D eigenvalue weighted by molar-refractivity contribution is 7.99. The van der Waals surface area contributed by atoms with E-state index in [9.17, 15) is 5.11 Å². The van der Waals surface area contributed by atoms with Crippen molar-refractivity contribution in [1.82, 2.24) is 14.8 Å². The first-order valence-corrected chi connectivity index (χ1v) is 9.87. The van der Waals surface area contributed by atoms with Crippen LogP contribution in [0.1, 0.15) is 45.4 Å². The van der Waals surface area contributed by atoms with Gasteiger partial charge < -0.3 is 14.7 Å². The van der Waals surface area contributed by atoms with Gasteiger partial charge in [0.15, 0.2) is 5.16 Å². The largest absolute Gasteiger partial charge is 0.392 e. The third-order valence-electron chi connectivity index (χ3n) is 4.62. The molecule has 2 saturated heterocycles. The van der Waals surface area contributed by atoms with Crippen LogP contribution in [0.5, 0.6) is 0 Å². The van der Waals surface area contributed by atoms with E-state index in [-0.39, 0.29) is 12.2 Å². The normalized spacial score (nSPS) is 23.4. The Balaban J connectivity index is 1.75. The lowest BCUT2D eigenvalue weighted by atomic mass is 10.1. The van der Waals surface area contributed by atoms with Gasteiger partial charge in [0.05, 0.1) is 18.8 Å². The molecule has 2 atom stereocenters. The Kier molecular flexibility index (Phi) is 6.19. The van der Waals surface area contributed by atoms with Crippen LogP contribution in [0, 0.1) is 0 Å². The van der Waals surface area contributed by atoms with E-state index < -0.39 is 0 Å². The van der Waals surface area contributed by atoms with Crippen LogP contribution in [0.2, 0.25) is 0 Å². The molecule has 3 rings (SSSR count). The number of aromatic nitrogens is 3. The molecule has 2 aliphatic heterocycles. The predicted octanol–water partition coefficient (Wildman–Crippen LogP) is 2.31. The van der Waals surface area contributed by atoms with Gasteiger partial charge in [-0.2, -0.15) is 0 Å². The van der Waals surface area contributed by atoms with E-state index in [4.69, 9.17) is 4.74 Å². The molecule has 130 valence electrons. The molecule has 2 aliphatic rings. The summed E-state index contributed by atoms with van der Waals surface area (Å²) in [6.45, 7) is 5.81. The highest BCUT2D eigenvalue weighted by Gasteiger charge is 2.24. The Labute approximate surface area is 142 Å². The number of piperidine rings is 1. The van der Waals surface area contributed by atoms with Crippen LogP contribution in [-0.4, -0.2) is 57.5 Å². The van der Waals surface area contributed by atoms with Crippen molar-refractivity contribution in [2.75, 3.05) is 30.3 Å². The molecule has 1 aromatic rings. The van der Waals surface area contributed by atoms with Crippen molar-refractivity contribution in [3.05, 3.63) is 0 Å². The van der Waals surface area contributed by atoms with Crippen molar-refractivity contribution < 1.29 is 9.84 Å². The molecule has 0 aliphatic carbocycles. The van der Waals surface area contributed by atoms with Gasteiger partial charge in [0.2, 0.25) is 5.95 Å². The maximum absolute atomic E-state index is 9.84. The van der Waals surface area contributed by atoms with Gasteiger partial charge in [0, 0.05) is 25.4 Å². The lowest BCUT2D eigenvalue weighted by Crippen LogP contribution is -2.33. The second-order valence-electron chi connectivity index (χ2n) is 6.45. The van der Waals surface area contributed by atoms with E-state index in [2.05, 4.69) is 19.7 Å². The summed E-state index contributed by atoms with van der Waals surface area (Å²) in [5.41, 5.74) is 0. The highest BCUT2D eigenvalue weighted by Crippen LogP contribution is 2.27. The molecule has 23 heavy (non-hydrogen) atoms. The van der Waals surface area contributed by atoms with Crippen LogP contribution in [0.25, 0.3) is 0 Å². The molecule has 0 aromatic carbocycles. The zero-order chi connectivity index (χ0) is 16.1. The molecular formula is C16H28N4O2S. The van der Waals surface area contributed by atoms with Crippen LogP contribution >= 0.6 is 11.8 Å². The van der Waals surface area contributed by atoms with Crippen LogP contribution in [-0.2, 0) is 11.3 Å². The van der Waals surface area contributed by atoms with Crippen LogP contribution in [0.3, 0.4) is 0 Å². The molecule has 6 nitrogen and oxygen atoms in total. The minimum atomic E-state index is -0.286. The van der Waals surface area contributed by atoms with Gasteiger partial charge >= 0.3 is 0 Å². The van der Waals surface area contributed by atoms with Crippen molar-refractivity contribution in [2.24, 2.45) is 0 Å². The van der Waals surface area contributed by atoms with Gasteiger partial charge in [0.25, 0.3) is 0 Å². The number of rotatable bonds is 7. The lowest BCUT2D eigenvalue weighted by molar-refractivity contribution is 0.0951. The van der Waals surface area contributed by atoms with Crippen LogP contribution in [0.15, 0.2) is 5.16 Å². The molecule has 0 radical (unpaired) electrons. The molecular weight excluding hydrogens is 312 g/mol. The summed E-state index contributed by atoms with van der Waals surface area (Å²) >= 11 is 1.61. The van der Waals surface area contributed by atoms with E-state index >= 15 is 0 Å². The van der Waals surface area contributed by atoms with E-state index in [1.165, 1.54) is 19.3 Å².